The number of aromatic nitrogens is 2. The molecule has 2 aromatic heterocycles. The summed E-state index contributed by atoms with van der Waals surface area (Å²) in [4.78, 5) is 29.7. The quantitative estimate of drug-likeness (QED) is 0.269. The molecule has 0 saturated heterocycles. The molecule has 0 bridgehead atoms. The Labute approximate surface area is 210 Å². The molecule has 0 radical (unpaired) electrons. The number of carbonyl (C=O) groups is 1. The first kappa shape index (κ1) is 25.9. The number of hydrogen-bond acceptors (Lipinski definition) is 4. The number of fused-ring (bicyclic) bond motifs is 1. The van der Waals surface area contributed by atoms with Gasteiger partial charge in [-0.15, -0.1) is 0 Å². The highest BCUT2D eigenvalue weighted by atomic mass is 35.5. The molecule has 0 unspecified atom stereocenters. The van der Waals surface area contributed by atoms with E-state index >= 15 is 0 Å². The lowest BCUT2D eigenvalue weighted by Gasteiger charge is -2.14. The SMILES string of the molecule is CNc1cc2c(cn1)cc(-c1cc(NC(=O)Nc3cc(C(F)(F)F)ccc3F)c(F)cc1Cl)c(=O)n2C. The Bertz CT molecular complexity index is 1600. The largest absolute Gasteiger partial charge is 0.416 e. The van der Waals surface area contributed by atoms with E-state index in [1.165, 1.54) is 23.9 Å². The lowest BCUT2D eigenvalue weighted by atomic mass is 10.0. The average Bonchev–Trinajstić information content (AvgIpc) is 2.83. The van der Waals surface area contributed by atoms with E-state index in [0.29, 0.717) is 34.9 Å². The maximum Gasteiger partial charge on any atom is 0.416 e. The van der Waals surface area contributed by atoms with Crippen molar-refractivity contribution in [1.29, 1.82) is 0 Å². The molecule has 2 heterocycles. The fraction of sp³-hybridized carbons (Fsp3) is 0.125. The zero-order valence-electron chi connectivity index (χ0n) is 19.1. The highest BCUT2D eigenvalue weighted by Crippen LogP contribution is 2.34. The minimum absolute atomic E-state index is 0.0730. The molecule has 0 spiro atoms. The first-order valence-corrected chi connectivity index (χ1v) is 10.9. The lowest BCUT2D eigenvalue weighted by molar-refractivity contribution is -0.137. The molecule has 7 nitrogen and oxygen atoms in total. The Morgan fingerprint density at radius 2 is 1.65 bits per heavy atom. The molecule has 0 aliphatic carbocycles. The van der Waals surface area contributed by atoms with Gasteiger partial charge in [0.1, 0.15) is 17.5 Å². The molecule has 0 saturated carbocycles. The minimum atomic E-state index is -4.77. The van der Waals surface area contributed by atoms with Gasteiger partial charge >= 0.3 is 12.2 Å². The number of carbonyl (C=O) groups excluding carboxylic acids is 1. The van der Waals surface area contributed by atoms with Gasteiger partial charge in [-0.3, -0.25) is 4.79 Å². The van der Waals surface area contributed by atoms with Gasteiger partial charge in [0.15, 0.2) is 0 Å². The Hall–Kier alpha value is -4.19. The van der Waals surface area contributed by atoms with Crippen molar-refractivity contribution >= 4 is 45.7 Å². The third kappa shape index (κ3) is 5.19. The van der Waals surface area contributed by atoms with Crippen molar-refractivity contribution in [2.45, 2.75) is 6.18 Å². The van der Waals surface area contributed by atoms with Crippen LogP contribution in [0.3, 0.4) is 0 Å². The summed E-state index contributed by atoms with van der Waals surface area (Å²) in [5, 5.41) is 7.34. The molecule has 192 valence electrons. The van der Waals surface area contributed by atoms with Crippen molar-refractivity contribution < 1.29 is 26.7 Å². The van der Waals surface area contributed by atoms with Crippen LogP contribution in [0.5, 0.6) is 0 Å². The van der Waals surface area contributed by atoms with Crippen molar-refractivity contribution in [1.82, 2.24) is 9.55 Å². The highest BCUT2D eigenvalue weighted by molar-refractivity contribution is 6.33. The number of amides is 2. The molecule has 37 heavy (non-hydrogen) atoms. The number of halogens is 6. The van der Waals surface area contributed by atoms with E-state index in [2.05, 4.69) is 15.6 Å². The van der Waals surface area contributed by atoms with Gasteiger partial charge in [0.2, 0.25) is 0 Å². The molecule has 0 aliphatic heterocycles. The second-order valence-corrected chi connectivity index (χ2v) is 8.29. The number of alkyl halides is 3. The van der Waals surface area contributed by atoms with E-state index < -0.39 is 46.3 Å². The fourth-order valence-electron chi connectivity index (χ4n) is 3.62. The van der Waals surface area contributed by atoms with Gasteiger partial charge in [-0.2, -0.15) is 13.2 Å². The molecule has 4 aromatic rings. The van der Waals surface area contributed by atoms with Gasteiger partial charge in [-0.05, 0) is 36.4 Å². The number of benzene rings is 2. The molecule has 2 amide bonds. The number of rotatable bonds is 4. The minimum Gasteiger partial charge on any atom is -0.373 e. The summed E-state index contributed by atoms with van der Waals surface area (Å²) in [5.41, 5.74) is -2.17. The van der Waals surface area contributed by atoms with E-state index in [4.69, 9.17) is 11.6 Å². The van der Waals surface area contributed by atoms with Crippen LogP contribution >= 0.6 is 11.6 Å². The van der Waals surface area contributed by atoms with Gasteiger partial charge in [-0.1, -0.05) is 11.6 Å². The van der Waals surface area contributed by atoms with Gasteiger partial charge in [0.05, 0.1) is 27.5 Å². The van der Waals surface area contributed by atoms with Crippen LogP contribution in [-0.2, 0) is 13.2 Å². The molecular formula is C24H17ClF5N5O2. The van der Waals surface area contributed by atoms with Gasteiger partial charge < -0.3 is 20.5 Å². The summed E-state index contributed by atoms with van der Waals surface area (Å²) in [6.45, 7) is 0. The smallest absolute Gasteiger partial charge is 0.373 e. The summed E-state index contributed by atoms with van der Waals surface area (Å²) in [5.74, 6) is -1.59. The monoisotopic (exact) mass is 537 g/mol. The first-order valence-electron chi connectivity index (χ1n) is 10.5. The van der Waals surface area contributed by atoms with Gasteiger partial charge in [0.25, 0.3) is 5.56 Å². The average molecular weight is 538 g/mol. The second-order valence-electron chi connectivity index (χ2n) is 7.88. The topological polar surface area (TPSA) is 88.1 Å². The number of pyridine rings is 2. The Kier molecular flexibility index (Phi) is 6.78. The molecule has 0 fully saturated rings. The normalized spacial score (nSPS) is 11.5. The van der Waals surface area contributed by atoms with Crippen molar-refractivity contribution in [3.63, 3.8) is 0 Å². The van der Waals surface area contributed by atoms with E-state index in [0.717, 1.165) is 12.1 Å². The second kappa shape index (κ2) is 9.69. The standard InChI is InChI=1S/C24H17ClF5N5O2/c1-31-21-9-20-11(10-32-21)5-14(22(36)35(20)2)13-7-19(17(27)8-15(13)25)34-23(37)33-18-6-12(24(28,29)30)3-4-16(18)26/h3-10H,1-2H3,(H,31,32)(H2,33,34,37). The van der Waals surface area contributed by atoms with Crippen LogP contribution in [0, 0.1) is 11.6 Å². The maximum absolute atomic E-state index is 14.6. The summed E-state index contributed by atoms with van der Waals surface area (Å²) >= 11 is 6.21. The summed E-state index contributed by atoms with van der Waals surface area (Å²) in [6.07, 6.45) is -3.24. The Morgan fingerprint density at radius 1 is 0.973 bits per heavy atom. The van der Waals surface area contributed by atoms with Gasteiger partial charge in [0, 0.05) is 42.9 Å². The predicted octanol–water partition coefficient (Wildman–Crippen LogP) is 6.24. The molecule has 0 aliphatic rings. The number of aryl methyl sites for hydroxylation is 1. The van der Waals surface area contributed by atoms with Crippen LogP contribution in [0.4, 0.5) is 43.9 Å². The summed E-state index contributed by atoms with van der Waals surface area (Å²) < 4.78 is 68.7. The van der Waals surface area contributed by atoms with Crippen LogP contribution in [0.15, 0.2) is 53.5 Å². The fourth-order valence-corrected chi connectivity index (χ4v) is 3.87. The van der Waals surface area contributed by atoms with E-state index in [-0.39, 0.29) is 16.1 Å². The van der Waals surface area contributed by atoms with Crippen LogP contribution in [0.25, 0.3) is 22.0 Å². The number of nitrogens with zero attached hydrogens (tertiary/aromatic N) is 2. The Morgan fingerprint density at radius 3 is 2.30 bits per heavy atom. The molecule has 4 rings (SSSR count). The molecule has 0 atom stereocenters. The molecule has 2 aromatic carbocycles. The zero-order valence-corrected chi connectivity index (χ0v) is 19.9. The number of nitrogens with one attached hydrogen (secondary N) is 3. The van der Waals surface area contributed by atoms with E-state index in [1.54, 1.807) is 13.1 Å². The number of urea groups is 1. The molecule has 3 N–H and O–H groups in total. The molecule has 13 heteroatoms. The zero-order chi connectivity index (χ0) is 27.1. The van der Waals surface area contributed by atoms with Crippen molar-refractivity contribution in [3.05, 3.63) is 81.2 Å². The number of hydrogen-bond donors (Lipinski definition) is 3. The van der Waals surface area contributed by atoms with Gasteiger partial charge in [-0.25, -0.2) is 18.6 Å². The van der Waals surface area contributed by atoms with E-state index in [1.807, 2.05) is 5.32 Å². The third-order valence-corrected chi connectivity index (χ3v) is 5.81. The van der Waals surface area contributed by atoms with Crippen molar-refractivity contribution in [2.24, 2.45) is 7.05 Å². The van der Waals surface area contributed by atoms with Crippen LogP contribution in [0.1, 0.15) is 5.56 Å². The van der Waals surface area contributed by atoms with E-state index in [9.17, 15) is 31.5 Å². The molecular weight excluding hydrogens is 521 g/mol. The van der Waals surface area contributed by atoms with Crippen LogP contribution in [0.2, 0.25) is 5.02 Å². The number of anilines is 3. The highest BCUT2D eigenvalue weighted by Gasteiger charge is 2.31. The van der Waals surface area contributed by atoms with Crippen LogP contribution in [-0.4, -0.2) is 22.6 Å². The Balaban J connectivity index is 1.70. The third-order valence-electron chi connectivity index (χ3n) is 5.50. The van der Waals surface area contributed by atoms with Crippen LogP contribution < -0.4 is 21.5 Å². The first-order chi connectivity index (χ1) is 17.4. The van der Waals surface area contributed by atoms with Crippen molar-refractivity contribution in [2.75, 3.05) is 23.0 Å². The summed E-state index contributed by atoms with van der Waals surface area (Å²) in [6, 6.07) is 5.38. The lowest BCUT2D eigenvalue weighted by Crippen LogP contribution is -2.22. The predicted molar refractivity (Wildman–Crippen MR) is 131 cm³/mol. The van der Waals surface area contributed by atoms with Crippen molar-refractivity contribution in [3.8, 4) is 11.1 Å². The summed E-state index contributed by atoms with van der Waals surface area (Å²) in [7, 11) is 3.20. The maximum atomic E-state index is 14.6.